The minimum absolute atomic E-state index is 0.178. The highest BCUT2D eigenvalue weighted by atomic mass is 16.6. The van der Waals surface area contributed by atoms with Crippen molar-refractivity contribution in [2.45, 2.75) is 79.9 Å². The number of benzene rings is 3. The van der Waals surface area contributed by atoms with Crippen molar-refractivity contribution < 1.29 is 23.8 Å². The summed E-state index contributed by atoms with van der Waals surface area (Å²) < 4.78 is 17.7. The van der Waals surface area contributed by atoms with Gasteiger partial charge in [-0.05, 0) is 115 Å². The van der Waals surface area contributed by atoms with Gasteiger partial charge in [-0.1, -0.05) is 42.0 Å². The Labute approximate surface area is 255 Å². The van der Waals surface area contributed by atoms with E-state index in [0.717, 1.165) is 28.0 Å². The Morgan fingerprint density at radius 2 is 1.30 bits per heavy atom. The third kappa shape index (κ3) is 8.37. The highest BCUT2D eigenvalue weighted by molar-refractivity contribution is 6.03. The van der Waals surface area contributed by atoms with Crippen molar-refractivity contribution in [1.29, 1.82) is 0 Å². The van der Waals surface area contributed by atoms with Crippen LogP contribution in [-0.4, -0.2) is 52.2 Å². The lowest BCUT2D eigenvalue weighted by Crippen LogP contribution is -2.56. The van der Waals surface area contributed by atoms with Crippen LogP contribution in [0.4, 0.5) is 15.3 Å². The average molecular weight is 586 g/mol. The predicted octanol–water partition coefficient (Wildman–Crippen LogP) is 8.94. The van der Waals surface area contributed by atoms with Crippen LogP contribution in [0.3, 0.4) is 0 Å². The number of amides is 2. The summed E-state index contributed by atoms with van der Waals surface area (Å²) in [6.45, 7) is 17.5. The average Bonchev–Trinajstić information content (AvgIpc) is 2.90. The number of hydrogen-bond acceptors (Lipinski definition) is 6. The second-order valence-corrected chi connectivity index (χ2v) is 12.9. The molecule has 8 nitrogen and oxygen atoms in total. The Morgan fingerprint density at radius 1 is 0.721 bits per heavy atom. The van der Waals surface area contributed by atoms with Crippen LogP contribution < -0.4 is 4.74 Å². The fraction of sp³-hybridized carbons (Fsp3) is 0.400. The number of guanidine groups is 1. The number of carbonyl (C=O) groups excluding carboxylic acids is 2. The largest absolute Gasteiger partial charge is 0.457 e. The molecule has 0 aliphatic carbocycles. The zero-order valence-electron chi connectivity index (χ0n) is 26.8. The van der Waals surface area contributed by atoms with Gasteiger partial charge in [0, 0.05) is 13.1 Å². The smallest absolute Gasteiger partial charge is 0.417 e. The fourth-order valence-corrected chi connectivity index (χ4v) is 4.56. The zero-order chi connectivity index (χ0) is 31.5. The molecule has 3 aromatic carbocycles. The van der Waals surface area contributed by atoms with Gasteiger partial charge in [-0.25, -0.2) is 24.4 Å². The summed E-state index contributed by atoms with van der Waals surface area (Å²) in [6, 6.07) is 20.2. The van der Waals surface area contributed by atoms with Gasteiger partial charge < -0.3 is 14.2 Å². The van der Waals surface area contributed by atoms with Gasteiger partial charge in [-0.3, -0.25) is 0 Å². The number of nitrogens with zero attached hydrogens (tertiary/aromatic N) is 3. The molecule has 43 heavy (non-hydrogen) atoms. The number of aliphatic imine (C=N–C) groups is 1. The van der Waals surface area contributed by atoms with Crippen LogP contribution in [-0.2, 0) is 9.47 Å². The van der Waals surface area contributed by atoms with E-state index in [0.29, 0.717) is 30.9 Å². The van der Waals surface area contributed by atoms with Crippen LogP contribution in [0.15, 0.2) is 65.7 Å². The molecule has 4 rings (SSSR count). The third-order valence-electron chi connectivity index (χ3n) is 6.63. The molecule has 1 saturated heterocycles. The van der Waals surface area contributed by atoms with Crippen LogP contribution in [0.25, 0.3) is 11.1 Å². The van der Waals surface area contributed by atoms with E-state index >= 15 is 0 Å². The van der Waals surface area contributed by atoms with Crippen molar-refractivity contribution in [3.63, 3.8) is 0 Å². The maximum absolute atomic E-state index is 13.2. The Morgan fingerprint density at radius 3 is 1.86 bits per heavy atom. The van der Waals surface area contributed by atoms with Crippen LogP contribution in [0.2, 0.25) is 0 Å². The maximum atomic E-state index is 13.2. The summed E-state index contributed by atoms with van der Waals surface area (Å²) in [7, 11) is 0. The molecule has 2 amide bonds. The van der Waals surface area contributed by atoms with Gasteiger partial charge in [0.1, 0.15) is 22.7 Å². The van der Waals surface area contributed by atoms with Crippen molar-refractivity contribution >= 4 is 23.8 Å². The molecule has 1 heterocycles. The molecule has 1 aliphatic rings. The highest BCUT2D eigenvalue weighted by Gasteiger charge is 2.37. The first-order valence-corrected chi connectivity index (χ1v) is 14.7. The molecule has 0 spiro atoms. The summed E-state index contributed by atoms with van der Waals surface area (Å²) in [4.78, 5) is 34.2. The number of ether oxygens (including phenoxy) is 3. The maximum Gasteiger partial charge on any atom is 0.417 e. The first-order chi connectivity index (χ1) is 20.1. The number of rotatable bonds is 4. The second-order valence-electron chi connectivity index (χ2n) is 12.9. The standard InChI is InChI=1S/C35H43N3O5/c1-23-14-16-26(17-15-23)27-12-10-13-28(22-27)41-30-21-24(2)29(20-25(30)3)36-31-37(32(39)42-34(4,5)6)18-11-19-38(31)33(40)43-35(7,8)9/h10,12-17,20-22H,11,18-19H2,1-9H3. The molecule has 0 aromatic heterocycles. The Kier molecular flexibility index (Phi) is 9.18. The van der Waals surface area contributed by atoms with Crippen molar-refractivity contribution in [1.82, 2.24) is 9.80 Å². The molecule has 0 radical (unpaired) electrons. The highest BCUT2D eigenvalue weighted by Crippen LogP contribution is 2.34. The first kappa shape index (κ1) is 31.6. The molecule has 0 unspecified atom stereocenters. The van der Waals surface area contributed by atoms with Crippen LogP contribution >= 0.6 is 0 Å². The van der Waals surface area contributed by atoms with Gasteiger partial charge in [0.25, 0.3) is 0 Å². The molecule has 0 bridgehead atoms. The molecule has 0 saturated carbocycles. The lowest BCUT2D eigenvalue weighted by atomic mass is 10.0. The van der Waals surface area contributed by atoms with E-state index in [1.165, 1.54) is 15.4 Å². The topological polar surface area (TPSA) is 80.7 Å². The van der Waals surface area contributed by atoms with Gasteiger partial charge in [0.05, 0.1) is 5.69 Å². The lowest BCUT2D eigenvalue weighted by Gasteiger charge is -2.37. The van der Waals surface area contributed by atoms with E-state index in [1.54, 1.807) is 41.5 Å². The van der Waals surface area contributed by atoms with Crippen LogP contribution in [0, 0.1) is 20.8 Å². The molecule has 0 atom stereocenters. The van der Waals surface area contributed by atoms with Crippen molar-refractivity contribution in [2.75, 3.05) is 13.1 Å². The Balaban J connectivity index is 1.68. The van der Waals surface area contributed by atoms with Crippen molar-refractivity contribution in [3.05, 3.63) is 77.4 Å². The molecular weight excluding hydrogens is 542 g/mol. The quantitative estimate of drug-likeness (QED) is 0.305. The van der Waals surface area contributed by atoms with E-state index in [-0.39, 0.29) is 5.96 Å². The van der Waals surface area contributed by atoms with E-state index in [9.17, 15) is 9.59 Å². The van der Waals surface area contributed by atoms with Crippen LogP contribution in [0.1, 0.15) is 64.7 Å². The summed E-state index contributed by atoms with van der Waals surface area (Å²) >= 11 is 0. The third-order valence-corrected chi connectivity index (χ3v) is 6.63. The monoisotopic (exact) mass is 585 g/mol. The SMILES string of the molecule is Cc1ccc(-c2cccc(Oc3cc(C)c(N=C4N(C(=O)OC(C)(C)C)CCCN4C(=O)OC(C)(C)C)cc3C)c2)cc1. The van der Waals surface area contributed by atoms with Gasteiger partial charge in [-0.2, -0.15) is 0 Å². The van der Waals surface area contributed by atoms with Gasteiger partial charge >= 0.3 is 12.2 Å². The van der Waals surface area contributed by atoms with E-state index in [2.05, 4.69) is 37.3 Å². The van der Waals surface area contributed by atoms with Gasteiger partial charge in [0.15, 0.2) is 0 Å². The minimum atomic E-state index is -0.710. The molecule has 3 aromatic rings. The molecule has 1 fully saturated rings. The second kappa shape index (κ2) is 12.5. The summed E-state index contributed by atoms with van der Waals surface area (Å²) in [6.07, 6.45) is -0.575. The van der Waals surface area contributed by atoms with Crippen molar-refractivity contribution in [2.24, 2.45) is 4.99 Å². The van der Waals surface area contributed by atoms with Crippen LogP contribution in [0.5, 0.6) is 11.5 Å². The number of hydrogen-bond donors (Lipinski definition) is 0. The Hall–Kier alpha value is -4.33. The normalized spacial score (nSPS) is 13.9. The van der Waals surface area contributed by atoms with Gasteiger partial charge in [0.2, 0.25) is 5.96 Å². The minimum Gasteiger partial charge on any atom is -0.457 e. The predicted molar refractivity (Wildman–Crippen MR) is 170 cm³/mol. The zero-order valence-corrected chi connectivity index (χ0v) is 26.8. The fourth-order valence-electron chi connectivity index (χ4n) is 4.56. The molecule has 228 valence electrons. The number of aryl methyl sites for hydroxylation is 3. The van der Waals surface area contributed by atoms with E-state index in [4.69, 9.17) is 19.2 Å². The molecule has 1 aliphatic heterocycles. The summed E-state index contributed by atoms with van der Waals surface area (Å²) in [5.41, 5.74) is 4.26. The number of carbonyl (C=O) groups is 2. The molecule has 0 N–H and O–H groups in total. The van der Waals surface area contributed by atoms with E-state index < -0.39 is 23.4 Å². The first-order valence-electron chi connectivity index (χ1n) is 14.7. The Bertz CT molecular complexity index is 1480. The molecule has 8 heteroatoms. The van der Waals surface area contributed by atoms with Crippen molar-refractivity contribution in [3.8, 4) is 22.6 Å². The van der Waals surface area contributed by atoms with Gasteiger partial charge in [-0.15, -0.1) is 0 Å². The molecular formula is C35H43N3O5. The lowest BCUT2D eigenvalue weighted by molar-refractivity contribution is 0.0225. The summed E-state index contributed by atoms with van der Waals surface area (Å²) in [5.74, 6) is 1.59. The van der Waals surface area contributed by atoms with E-state index in [1.807, 2.05) is 44.2 Å². The summed E-state index contributed by atoms with van der Waals surface area (Å²) in [5, 5.41) is 0.